The molecule has 18 heavy (non-hydrogen) atoms. The Kier molecular flexibility index (Phi) is 3.42. The Morgan fingerprint density at radius 1 is 1.33 bits per heavy atom. The second-order valence-electron chi connectivity index (χ2n) is 3.62. The van der Waals surface area contributed by atoms with Crippen molar-refractivity contribution >= 4 is 22.7 Å². The van der Waals surface area contributed by atoms with Crippen LogP contribution in [0.2, 0.25) is 0 Å². The number of benzene rings is 1. The highest BCUT2D eigenvalue weighted by Crippen LogP contribution is 2.36. The lowest BCUT2D eigenvalue weighted by Gasteiger charge is -2.14. The second-order valence-corrected chi connectivity index (χ2v) is 4.59. The van der Waals surface area contributed by atoms with Gasteiger partial charge in [0, 0.05) is 22.4 Å². The van der Waals surface area contributed by atoms with E-state index in [0.29, 0.717) is 6.54 Å². The zero-order valence-electron chi connectivity index (χ0n) is 9.16. The van der Waals surface area contributed by atoms with Crippen LogP contribution in [0.3, 0.4) is 0 Å². The van der Waals surface area contributed by atoms with Gasteiger partial charge in [-0.05, 0) is 18.2 Å². The summed E-state index contributed by atoms with van der Waals surface area (Å²) in [5, 5.41) is 2.74. The number of halogens is 3. The van der Waals surface area contributed by atoms with Crippen molar-refractivity contribution in [3.05, 3.63) is 40.3 Å². The van der Waals surface area contributed by atoms with Gasteiger partial charge in [0.1, 0.15) is 0 Å². The van der Waals surface area contributed by atoms with E-state index in [4.69, 9.17) is 5.73 Å². The molecule has 0 saturated carbocycles. The third kappa shape index (κ3) is 2.92. The maximum absolute atomic E-state index is 12.8. The smallest absolute Gasteiger partial charge is 0.399 e. The number of nitrogen functional groups attached to an aromatic ring is 1. The first-order chi connectivity index (χ1) is 8.47. The van der Waals surface area contributed by atoms with E-state index in [1.165, 1.54) is 23.5 Å². The van der Waals surface area contributed by atoms with Crippen molar-refractivity contribution in [2.75, 3.05) is 11.1 Å². The summed E-state index contributed by atoms with van der Waals surface area (Å²) in [4.78, 5) is 4.72. The average Bonchev–Trinajstić information content (AvgIpc) is 2.79. The monoisotopic (exact) mass is 273 g/mol. The average molecular weight is 273 g/mol. The third-order valence-electron chi connectivity index (χ3n) is 2.29. The maximum Gasteiger partial charge on any atom is 0.418 e. The molecule has 1 aromatic carbocycles. The van der Waals surface area contributed by atoms with E-state index in [0.717, 1.165) is 10.9 Å². The minimum atomic E-state index is -4.43. The Bertz CT molecular complexity index is 523. The molecule has 0 atom stereocenters. The van der Waals surface area contributed by atoms with Crippen molar-refractivity contribution in [2.24, 2.45) is 0 Å². The number of hydrogen-bond donors (Lipinski definition) is 2. The van der Waals surface area contributed by atoms with Crippen LogP contribution in [0.5, 0.6) is 0 Å². The van der Waals surface area contributed by atoms with Gasteiger partial charge < -0.3 is 11.1 Å². The van der Waals surface area contributed by atoms with E-state index >= 15 is 0 Å². The molecule has 0 unspecified atom stereocenters. The van der Waals surface area contributed by atoms with Crippen molar-refractivity contribution in [3.63, 3.8) is 0 Å². The van der Waals surface area contributed by atoms with Crippen LogP contribution in [-0.2, 0) is 12.7 Å². The van der Waals surface area contributed by atoms with Crippen LogP contribution < -0.4 is 11.1 Å². The third-order valence-corrected chi connectivity index (χ3v) is 3.07. The molecule has 7 heteroatoms. The Morgan fingerprint density at radius 3 is 2.72 bits per heavy atom. The van der Waals surface area contributed by atoms with Gasteiger partial charge in [-0.25, -0.2) is 0 Å². The van der Waals surface area contributed by atoms with Crippen molar-refractivity contribution in [1.29, 1.82) is 0 Å². The molecule has 96 valence electrons. The highest BCUT2D eigenvalue weighted by Gasteiger charge is 2.33. The summed E-state index contributed by atoms with van der Waals surface area (Å²) in [5.41, 5.74) is 6.36. The molecule has 0 aliphatic rings. The van der Waals surface area contributed by atoms with Crippen molar-refractivity contribution in [1.82, 2.24) is 4.98 Å². The molecular weight excluding hydrogens is 263 g/mol. The molecule has 0 fully saturated rings. The minimum Gasteiger partial charge on any atom is -0.399 e. The normalized spacial score (nSPS) is 11.5. The minimum absolute atomic E-state index is 0.0186. The number of anilines is 2. The lowest BCUT2D eigenvalue weighted by atomic mass is 10.1. The molecule has 0 radical (unpaired) electrons. The van der Waals surface area contributed by atoms with Gasteiger partial charge in [0.25, 0.3) is 0 Å². The fraction of sp³-hybridized carbons (Fsp3) is 0.182. The van der Waals surface area contributed by atoms with Gasteiger partial charge in [-0.2, -0.15) is 13.2 Å². The summed E-state index contributed by atoms with van der Waals surface area (Å²) >= 11 is 1.38. The summed E-state index contributed by atoms with van der Waals surface area (Å²) in [6, 6.07) is 3.69. The standard InChI is InChI=1S/C11H10F3N3S/c12-11(13,14)9-3-7(15)1-2-10(9)17-5-8-4-16-6-18-8/h1-4,6,17H,5,15H2. The Morgan fingerprint density at radius 2 is 2.11 bits per heavy atom. The predicted molar refractivity (Wildman–Crippen MR) is 65.3 cm³/mol. The molecule has 0 aliphatic carbocycles. The van der Waals surface area contributed by atoms with Crippen LogP contribution in [0, 0.1) is 0 Å². The van der Waals surface area contributed by atoms with Crippen molar-refractivity contribution < 1.29 is 13.2 Å². The number of hydrogen-bond acceptors (Lipinski definition) is 4. The topological polar surface area (TPSA) is 50.9 Å². The molecule has 2 aromatic rings. The first-order valence-corrected chi connectivity index (χ1v) is 5.93. The fourth-order valence-corrected chi connectivity index (χ4v) is 2.00. The van der Waals surface area contributed by atoms with Crippen LogP contribution in [0.15, 0.2) is 29.9 Å². The summed E-state index contributed by atoms with van der Waals surface area (Å²) < 4.78 is 38.4. The number of aromatic nitrogens is 1. The lowest BCUT2D eigenvalue weighted by molar-refractivity contribution is -0.136. The highest BCUT2D eigenvalue weighted by molar-refractivity contribution is 7.09. The van der Waals surface area contributed by atoms with Crippen molar-refractivity contribution in [2.45, 2.75) is 12.7 Å². The molecule has 2 rings (SSSR count). The number of nitrogens with one attached hydrogen (secondary N) is 1. The number of nitrogens with two attached hydrogens (primary N) is 1. The zero-order chi connectivity index (χ0) is 13.2. The Balaban J connectivity index is 2.22. The number of rotatable bonds is 3. The Hall–Kier alpha value is -1.76. The van der Waals surface area contributed by atoms with Gasteiger partial charge in [-0.15, -0.1) is 11.3 Å². The molecule has 0 bridgehead atoms. The zero-order valence-corrected chi connectivity index (χ0v) is 9.98. The van der Waals surface area contributed by atoms with Crippen LogP contribution >= 0.6 is 11.3 Å². The van der Waals surface area contributed by atoms with Crippen molar-refractivity contribution in [3.8, 4) is 0 Å². The number of alkyl halides is 3. The molecule has 0 spiro atoms. The van der Waals surface area contributed by atoms with Crippen LogP contribution in [0.25, 0.3) is 0 Å². The lowest BCUT2D eigenvalue weighted by Crippen LogP contribution is -2.11. The SMILES string of the molecule is Nc1ccc(NCc2cncs2)c(C(F)(F)F)c1. The maximum atomic E-state index is 12.8. The van der Waals surface area contributed by atoms with E-state index in [2.05, 4.69) is 10.3 Å². The van der Waals surface area contributed by atoms with Gasteiger partial charge in [0.05, 0.1) is 17.6 Å². The van der Waals surface area contributed by atoms with E-state index in [1.807, 2.05) is 0 Å². The van der Waals surface area contributed by atoms with E-state index < -0.39 is 11.7 Å². The summed E-state index contributed by atoms with van der Waals surface area (Å²) in [7, 11) is 0. The summed E-state index contributed by atoms with van der Waals surface area (Å²) in [5.74, 6) is 0. The molecule has 0 saturated heterocycles. The van der Waals surface area contributed by atoms with Crippen LogP contribution in [0.1, 0.15) is 10.4 Å². The van der Waals surface area contributed by atoms with E-state index in [-0.39, 0.29) is 11.4 Å². The molecule has 1 heterocycles. The first kappa shape index (κ1) is 12.7. The quantitative estimate of drug-likeness (QED) is 0.843. The molecule has 0 amide bonds. The molecular formula is C11H10F3N3S. The Labute approximate surface area is 105 Å². The van der Waals surface area contributed by atoms with Gasteiger partial charge >= 0.3 is 6.18 Å². The molecule has 3 nitrogen and oxygen atoms in total. The number of thiazole rings is 1. The second kappa shape index (κ2) is 4.85. The molecule has 3 N–H and O–H groups in total. The number of nitrogens with zero attached hydrogens (tertiary/aromatic N) is 1. The fourth-order valence-electron chi connectivity index (χ4n) is 1.46. The highest BCUT2D eigenvalue weighted by atomic mass is 32.1. The van der Waals surface area contributed by atoms with E-state index in [1.54, 1.807) is 11.7 Å². The van der Waals surface area contributed by atoms with Gasteiger partial charge in [-0.1, -0.05) is 0 Å². The van der Waals surface area contributed by atoms with Crippen LogP contribution in [0.4, 0.5) is 24.5 Å². The van der Waals surface area contributed by atoms with E-state index in [9.17, 15) is 13.2 Å². The molecule has 1 aromatic heterocycles. The van der Waals surface area contributed by atoms with Crippen LogP contribution in [-0.4, -0.2) is 4.98 Å². The largest absolute Gasteiger partial charge is 0.418 e. The molecule has 0 aliphatic heterocycles. The van der Waals surface area contributed by atoms with Gasteiger partial charge in [0.2, 0.25) is 0 Å². The first-order valence-electron chi connectivity index (χ1n) is 5.05. The summed E-state index contributed by atoms with van der Waals surface area (Å²) in [6.07, 6.45) is -2.81. The van der Waals surface area contributed by atoms with Gasteiger partial charge in [0.15, 0.2) is 0 Å². The predicted octanol–water partition coefficient (Wildman–Crippen LogP) is 3.36. The van der Waals surface area contributed by atoms with Gasteiger partial charge in [-0.3, -0.25) is 4.98 Å². The summed E-state index contributed by atoms with van der Waals surface area (Å²) in [6.45, 7) is 0.303.